The highest BCUT2D eigenvalue weighted by molar-refractivity contribution is 6.05. The second kappa shape index (κ2) is 8.39. The second-order valence-corrected chi connectivity index (χ2v) is 7.55. The van der Waals surface area contributed by atoms with Crippen molar-refractivity contribution in [2.24, 2.45) is 5.92 Å². The minimum Gasteiger partial charge on any atom is -0.449 e. The number of rotatable bonds is 6. The van der Waals surface area contributed by atoms with Gasteiger partial charge in [0.15, 0.2) is 11.8 Å². The Morgan fingerprint density at radius 1 is 1.00 bits per heavy atom. The van der Waals surface area contributed by atoms with Crippen molar-refractivity contribution >= 4 is 22.5 Å². The normalized spacial score (nSPS) is 12.2. The molecular weight excluding hydrogens is 368 g/mol. The highest BCUT2D eigenvalue weighted by atomic mass is 16.5. The summed E-state index contributed by atoms with van der Waals surface area (Å²) in [7, 11) is 0. The van der Waals surface area contributed by atoms with E-state index >= 15 is 0 Å². The highest BCUT2D eigenvalue weighted by Crippen LogP contribution is 2.17. The number of carbonyl (C=O) groups excluding carboxylic acids is 2. The zero-order valence-corrected chi connectivity index (χ0v) is 17.0. The Morgan fingerprint density at radius 2 is 1.62 bits per heavy atom. The number of benzene rings is 2. The summed E-state index contributed by atoms with van der Waals surface area (Å²) < 4.78 is 6.71. The Labute approximate surface area is 169 Å². The van der Waals surface area contributed by atoms with E-state index in [1.807, 2.05) is 32.9 Å². The Kier molecular flexibility index (Phi) is 5.92. The molecule has 3 aromatic rings. The minimum absolute atomic E-state index is 0.0319. The van der Waals surface area contributed by atoms with Gasteiger partial charge < -0.3 is 4.74 Å². The van der Waals surface area contributed by atoms with Crippen molar-refractivity contribution in [3.8, 4) is 0 Å². The lowest BCUT2D eigenvalue weighted by molar-refractivity contribution is 0.0312. The summed E-state index contributed by atoms with van der Waals surface area (Å²) in [5, 5.41) is 5.07. The van der Waals surface area contributed by atoms with Crippen LogP contribution in [0.1, 0.15) is 47.2 Å². The average molecular weight is 392 g/mol. The van der Waals surface area contributed by atoms with Crippen LogP contribution >= 0.6 is 0 Å². The molecule has 0 saturated heterocycles. The molecule has 1 aromatic heterocycles. The predicted octanol–water partition coefficient (Wildman–Crippen LogP) is 3.79. The van der Waals surface area contributed by atoms with Gasteiger partial charge in [-0.1, -0.05) is 61.9 Å². The molecule has 2 aromatic carbocycles. The summed E-state index contributed by atoms with van der Waals surface area (Å²) in [5.41, 5.74) is 1.28. The van der Waals surface area contributed by atoms with Gasteiger partial charge in [0.2, 0.25) is 5.78 Å². The molecule has 0 amide bonds. The zero-order chi connectivity index (χ0) is 21.1. The van der Waals surface area contributed by atoms with Crippen molar-refractivity contribution in [1.29, 1.82) is 0 Å². The van der Waals surface area contributed by atoms with E-state index in [4.69, 9.17) is 4.74 Å². The molecule has 0 fully saturated rings. The van der Waals surface area contributed by atoms with Gasteiger partial charge in [-0.15, -0.1) is 0 Å². The molecule has 150 valence electrons. The molecule has 0 radical (unpaired) electrons. The SMILES string of the molecule is Cc1ccc(C(=O)[C@@H](C)OC(=O)c2nn(CC(C)C)c(=O)c3ccccc23)cc1. The van der Waals surface area contributed by atoms with E-state index in [0.29, 0.717) is 22.9 Å². The maximum Gasteiger partial charge on any atom is 0.360 e. The maximum absolute atomic E-state index is 12.9. The maximum atomic E-state index is 12.9. The molecule has 0 aliphatic rings. The molecule has 0 aliphatic carbocycles. The number of hydrogen-bond acceptors (Lipinski definition) is 5. The van der Waals surface area contributed by atoms with E-state index in [-0.39, 0.29) is 23.0 Å². The Morgan fingerprint density at radius 3 is 2.24 bits per heavy atom. The van der Waals surface area contributed by atoms with Crippen LogP contribution in [0.3, 0.4) is 0 Å². The van der Waals surface area contributed by atoms with Crippen molar-refractivity contribution in [3.63, 3.8) is 0 Å². The third-order valence-corrected chi connectivity index (χ3v) is 4.59. The first-order valence-corrected chi connectivity index (χ1v) is 9.59. The number of carbonyl (C=O) groups is 2. The number of ether oxygens (including phenoxy) is 1. The summed E-state index contributed by atoms with van der Waals surface area (Å²) in [6.45, 7) is 7.77. The molecule has 0 saturated carbocycles. The predicted molar refractivity (Wildman–Crippen MR) is 111 cm³/mol. The fourth-order valence-electron chi connectivity index (χ4n) is 3.08. The van der Waals surface area contributed by atoms with Gasteiger partial charge in [0.1, 0.15) is 0 Å². The van der Waals surface area contributed by atoms with E-state index < -0.39 is 12.1 Å². The molecule has 0 unspecified atom stereocenters. The number of esters is 1. The Bertz CT molecular complexity index is 1110. The summed E-state index contributed by atoms with van der Waals surface area (Å²) in [4.78, 5) is 38.1. The van der Waals surface area contributed by atoms with Crippen molar-refractivity contribution in [2.75, 3.05) is 0 Å². The smallest absolute Gasteiger partial charge is 0.360 e. The first kappa shape index (κ1) is 20.5. The molecule has 1 atom stereocenters. The second-order valence-electron chi connectivity index (χ2n) is 7.55. The lowest BCUT2D eigenvalue weighted by Crippen LogP contribution is -2.30. The van der Waals surface area contributed by atoms with Crippen LogP contribution in [0.5, 0.6) is 0 Å². The van der Waals surface area contributed by atoms with Crippen molar-refractivity contribution in [3.05, 3.63) is 75.7 Å². The first-order chi connectivity index (χ1) is 13.8. The molecule has 0 aliphatic heterocycles. The molecule has 1 heterocycles. The molecule has 0 bridgehead atoms. The Hall–Kier alpha value is -3.28. The van der Waals surface area contributed by atoms with Gasteiger partial charge in [-0.05, 0) is 25.8 Å². The Balaban J connectivity index is 1.94. The van der Waals surface area contributed by atoms with Crippen LogP contribution in [0, 0.1) is 12.8 Å². The fraction of sp³-hybridized carbons (Fsp3) is 0.304. The molecular formula is C23H24N2O4. The molecule has 3 rings (SSSR count). The van der Waals surface area contributed by atoms with E-state index in [2.05, 4.69) is 5.10 Å². The van der Waals surface area contributed by atoms with Crippen molar-refractivity contribution in [2.45, 2.75) is 40.3 Å². The fourth-order valence-corrected chi connectivity index (χ4v) is 3.08. The summed E-state index contributed by atoms with van der Waals surface area (Å²) >= 11 is 0. The first-order valence-electron chi connectivity index (χ1n) is 9.59. The minimum atomic E-state index is -0.976. The lowest BCUT2D eigenvalue weighted by Gasteiger charge is -2.15. The molecule has 6 nitrogen and oxygen atoms in total. The number of hydrogen-bond donors (Lipinski definition) is 0. The van der Waals surface area contributed by atoms with Crippen LogP contribution in [0.4, 0.5) is 0 Å². The highest BCUT2D eigenvalue weighted by Gasteiger charge is 2.24. The van der Waals surface area contributed by atoms with Crippen molar-refractivity contribution < 1.29 is 14.3 Å². The molecule has 0 N–H and O–H groups in total. The van der Waals surface area contributed by atoms with Crippen LogP contribution in [0.2, 0.25) is 0 Å². The van der Waals surface area contributed by atoms with Crippen LogP contribution < -0.4 is 5.56 Å². The van der Waals surface area contributed by atoms with Gasteiger partial charge >= 0.3 is 5.97 Å². The van der Waals surface area contributed by atoms with Crippen LogP contribution in [-0.2, 0) is 11.3 Å². The van der Waals surface area contributed by atoms with Gasteiger partial charge in [-0.3, -0.25) is 9.59 Å². The van der Waals surface area contributed by atoms with Gasteiger partial charge in [0, 0.05) is 17.5 Å². The quantitative estimate of drug-likeness (QED) is 0.471. The number of ketones is 1. The van der Waals surface area contributed by atoms with E-state index in [1.165, 1.54) is 11.6 Å². The van der Waals surface area contributed by atoms with Gasteiger partial charge in [-0.25, -0.2) is 9.48 Å². The monoisotopic (exact) mass is 392 g/mol. The summed E-state index contributed by atoms with van der Waals surface area (Å²) in [5.74, 6) is -0.850. The molecule has 6 heteroatoms. The van der Waals surface area contributed by atoms with Gasteiger partial charge in [0.25, 0.3) is 5.56 Å². The number of aromatic nitrogens is 2. The van der Waals surface area contributed by atoms with Crippen LogP contribution in [0.15, 0.2) is 53.3 Å². The summed E-state index contributed by atoms with van der Waals surface area (Å²) in [6.07, 6.45) is -0.976. The topological polar surface area (TPSA) is 78.3 Å². The number of fused-ring (bicyclic) bond motifs is 1. The van der Waals surface area contributed by atoms with E-state index in [9.17, 15) is 14.4 Å². The van der Waals surface area contributed by atoms with E-state index in [1.54, 1.807) is 36.4 Å². The van der Waals surface area contributed by atoms with Crippen LogP contribution in [-0.4, -0.2) is 27.6 Å². The number of Topliss-reactive ketones (excluding diaryl/α,β-unsaturated/α-hetero) is 1. The third-order valence-electron chi connectivity index (χ3n) is 4.59. The van der Waals surface area contributed by atoms with Crippen LogP contribution in [0.25, 0.3) is 10.8 Å². The standard InChI is InChI=1S/C23H24N2O4/c1-14(2)13-25-22(27)19-8-6-5-7-18(19)20(24-25)23(28)29-16(4)21(26)17-11-9-15(3)10-12-17/h5-12,14,16H,13H2,1-4H3/t16-/m1/s1. The van der Waals surface area contributed by atoms with Crippen molar-refractivity contribution in [1.82, 2.24) is 9.78 Å². The molecule has 0 spiro atoms. The number of nitrogens with zero attached hydrogens (tertiary/aromatic N) is 2. The zero-order valence-electron chi connectivity index (χ0n) is 17.0. The molecule has 29 heavy (non-hydrogen) atoms. The third kappa shape index (κ3) is 4.42. The average Bonchev–Trinajstić information content (AvgIpc) is 2.69. The van der Waals surface area contributed by atoms with Gasteiger partial charge in [0.05, 0.1) is 5.39 Å². The van der Waals surface area contributed by atoms with E-state index in [0.717, 1.165) is 5.56 Å². The lowest BCUT2D eigenvalue weighted by atomic mass is 10.1. The van der Waals surface area contributed by atoms with Gasteiger partial charge in [-0.2, -0.15) is 5.10 Å². The number of aryl methyl sites for hydroxylation is 1. The largest absolute Gasteiger partial charge is 0.449 e. The summed E-state index contributed by atoms with van der Waals surface area (Å²) in [6, 6.07) is 13.9.